The highest BCUT2D eigenvalue weighted by atomic mass is 28.4. The molecule has 9 heteroatoms. The molecule has 3 rings (SSSR count). The van der Waals surface area contributed by atoms with Crippen molar-refractivity contribution in [1.29, 1.82) is 0 Å². The van der Waals surface area contributed by atoms with E-state index in [0.29, 0.717) is 5.65 Å². The second kappa shape index (κ2) is 6.71. The second-order valence-corrected chi connectivity index (χ2v) is 14.0. The first-order valence-corrected chi connectivity index (χ1v) is 12.4. The van der Waals surface area contributed by atoms with Crippen LogP contribution in [0, 0.1) is 11.8 Å². The topological polar surface area (TPSA) is 119 Å². The molecule has 1 saturated carbocycles. The van der Waals surface area contributed by atoms with Gasteiger partial charge in [-0.3, -0.25) is 9.78 Å². The number of nitrogen functional groups attached to an aromatic ring is 1. The maximum absolute atomic E-state index is 12.1. The van der Waals surface area contributed by atoms with E-state index >= 15 is 0 Å². The molecular weight excluding hydrogens is 362 g/mol. The maximum atomic E-state index is 12.1. The minimum Gasteiger partial charge on any atom is -0.413 e. The third-order valence-corrected chi connectivity index (χ3v) is 11.0. The molecule has 4 N–H and O–H groups in total. The van der Waals surface area contributed by atoms with Crippen LogP contribution in [0.2, 0.25) is 18.1 Å². The largest absolute Gasteiger partial charge is 0.413 e. The molecule has 1 fully saturated rings. The van der Waals surface area contributed by atoms with Crippen molar-refractivity contribution >= 4 is 25.4 Å². The zero-order valence-corrected chi connectivity index (χ0v) is 18.0. The van der Waals surface area contributed by atoms with Crippen molar-refractivity contribution in [2.24, 2.45) is 11.8 Å². The molecule has 0 radical (unpaired) electrons. The van der Waals surface area contributed by atoms with E-state index in [2.05, 4.69) is 55.7 Å². The summed E-state index contributed by atoms with van der Waals surface area (Å²) < 4.78 is 8.58. The molecular formula is C18H31N5O3Si. The molecule has 2 aromatic heterocycles. The first kappa shape index (κ1) is 20.0. The number of nitrogens with zero attached hydrogens (tertiary/aromatic N) is 3. The Kier molecular flexibility index (Phi) is 4.98. The number of nitrogens with two attached hydrogens (primary N) is 1. The molecule has 2 aromatic rings. The Morgan fingerprint density at radius 3 is 2.70 bits per heavy atom. The summed E-state index contributed by atoms with van der Waals surface area (Å²) in [5.74, 6) is 0.262. The molecule has 150 valence electrons. The summed E-state index contributed by atoms with van der Waals surface area (Å²) in [5.41, 5.74) is 6.16. The van der Waals surface area contributed by atoms with Crippen molar-refractivity contribution in [1.82, 2.24) is 19.5 Å². The van der Waals surface area contributed by atoms with Crippen LogP contribution in [0.15, 0.2) is 11.1 Å². The standard InChI is InChI=1S/C18H31N5O3Si/c1-10-11(8-24)13(26-27(5,6)18(2,3)4)7-12(10)23-9-20-14-15(23)21-17(19)22-16(14)25/h9-13,24H,7-8H2,1-6H3,(H3,19,21,22,25)/t10?,11-,12-,13-/m0/s1. The smallest absolute Gasteiger partial charge is 0.280 e. The average Bonchev–Trinajstić information content (AvgIpc) is 3.07. The van der Waals surface area contributed by atoms with E-state index in [0.717, 1.165) is 6.42 Å². The van der Waals surface area contributed by atoms with Gasteiger partial charge in [-0.05, 0) is 30.5 Å². The Balaban J connectivity index is 1.96. The molecule has 4 atom stereocenters. The number of imidazole rings is 1. The molecule has 2 heterocycles. The van der Waals surface area contributed by atoms with Crippen molar-refractivity contribution in [2.75, 3.05) is 12.3 Å². The van der Waals surface area contributed by atoms with Gasteiger partial charge in [0.05, 0.1) is 12.4 Å². The Morgan fingerprint density at radius 1 is 1.44 bits per heavy atom. The monoisotopic (exact) mass is 393 g/mol. The number of aromatic nitrogens is 4. The predicted octanol–water partition coefficient (Wildman–Crippen LogP) is 2.28. The van der Waals surface area contributed by atoms with E-state index in [1.807, 2.05) is 4.57 Å². The number of aliphatic hydroxyl groups is 1. The zero-order valence-electron chi connectivity index (χ0n) is 17.0. The summed E-state index contributed by atoms with van der Waals surface area (Å²) in [7, 11) is -1.97. The predicted molar refractivity (Wildman–Crippen MR) is 108 cm³/mol. The van der Waals surface area contributed by atoms with Gasteiger partial charge < -0.3 is 19.8 Å². The highest BCUT2D eigenvalue weighted by molar-refractivity contribution is 6.74. The number of aromatic amines is 1. The van der Waals surface area contributed by atoms with Crippen molar-refractivity contribution in [3.8, 4) is 0 Å². The summed E-state index contributed by atoms with van der Waals surface area (Å²) in [5, 5.41) is 10.1. The SMILES string of the molecule is CC1[C@H](CO)[C@@H](O[Si](C)(C)C(C)(C)C)C[C@@H]1n1cnc2c(=O)[nH]c(N)nc21. The van der Waals surface area contributed by atoms with Crippen molar-refractivity contribution in [2.45, 2.75) is 64.4 Å². The fourth-order valence-corrected chi connectivity index (χ4v) is 5.16. The van der Waals surface area contributed by atoms with Crippen LogP contribution in [0.25, 0.3) is 11.2 Å². The number of aliphatic hydroxyl groups excluding tert-OH is 1. The van der Waals surface area contributed by atoms with Crippen molar-refractivity contribution in [3.05, 3.63) is 16.7 Å². The molecule has 27 heavy (non-hydrogen) atoms. The first-order chi connectivity index (χ1) is 12.5. The summed E-state index contributed by atoms with van der Waals surface area (Å²) in [4.78, 5) is 23.1. The van der Waals surface area contributed by atoms with Gasteiger partial charge in [-0.15, -0.1) is 0 Å². The fourth-order valence-electron chi connectivity index (χ4n) is 3.78. The summed E-state index contributed by atoms with van der Waals surface area (Å²) >= 11 is 0. The lowest BCUT2D eigenvalue weighted by Gasteiger charge is -2.40. The van der Waals surface area contributed by atoms with E-state index in [1.165, 1.54) is 0 Å². The molecule has 0 aromatic carbocycles. The molecule has 1 aliphatic rings. The number of hydrogen-bond acceptors (Lipinski definition) is 6. The van der Waals surface area contributed by atoms with Crippen LogP contribution in [-0.4, -0.2) is 45.7 Å². The Labute approximate surface area is 160 Å². The normalized spacial score (nSPS) is 26.8. The quantitative estimate of drug-likeness (QED) is 0.686. The number of H-pyrrole nitrogens is 1. The number of rotatable bonds is 4. The van der Waals surface area contributed by atoms with Gasteiger partial charge in [-0.25, -0.2) is 4.98 Å². The molecule has 1 aliphatic carbocycles. The first-order valence-electron chi connectivity index (χ1n) is 9.47. The molecule has 0 saturated heterocycles. The van der Waals surface area contributed by atoms with Crippen LogP contribution in [0.3, 0.4) is 0 Å². The number of hydrogen-bond donors (Lipinski definition) is 3. The second-order valence-electron chi connectivity index (χ2n) is 9.20. The maximum Gasteiger partial charge on any atom is 0.280 e. The van der Waals surface area contributed by atoms with Crippen LogP contribution in [0.5, 0.6) is 0 Å². The number of nitrogens with one attached hydrogen (secondary N) is 1. The number of anilines is 1. The van der Waals surface area contributed by atoms with Gasteiger partial charge in [-0.1, -0.05) is 27.7 Å². The molecule has 8 nitrogen and oxygen atoms in total. The summed E-state index contributed by atoms with van der Waals surface area (Å²) in [6, 6.07) is 0.0376. The summed E-state index contributed by atoms with van der Waals surface area (Å²) in [6.07, 6.45) is 2.36. The Hall–Kier alpha value is -1.71. The van der Waals surface area contributed by atoms with Gasteiger partial charge in [0.1, 0.15) is 0 Å². The molecule has 0 spiro atoms. The van der Waals surface area contributed by atoms with Gasteiger partial charge in [-0.2, -0.15) is 4.98 Å². The lowest BCUT2D eigenvalue weighted by atomic mass is 9.95. The van der Waals surface area contributed by atoms with Crippen LogP contribution in [0.4, 0.5) is 5.95 Å². The number of fused-ring (bicyclic) bond motifs is 1. The molecule has 1 unspecified atom stereocenters. The van der Waals surface area contributed by atoms with Gasteiger partial charge in [0, 0.05) is 18.6 Å². The average molecular weight is 394 g/mol. The van der Waals surface area contributed by atoms with Gasteiger partial charge in [0.15, 0.2) is 19.5 Å². The van der Waals surface area contributed by atoms with Crippen LogP contribution in [0.1, 0.15) is 40.2 Å². The van der Waals surface area contributed by atoms with Crippen molar-refractivity contribution in [3.63, 3.8) is 0 Å². The van der Waals surface area contributed by atoms with E-state index in [-0.39, 0.29) is 52.7 Å². The van der Waals surface area contributed by atoms with E-state index in [9.17, 15) is 9.90 Å². The van der Waals surface area contributed by atoms with E-state index in [4.69, 9.17) is 10.2 Å². The lowest BCUT2D eigenvalue weighted by Crippen LogP contribution is -2.45. The third kappa shape index (κ3) is 3.43. The van der Waals surface area contributed by atoms with Gasteiger partial charge in [0.25, 0.3) is 5.56 Å². The van der Waals surface area contributed by atoms with E-state index in [1.54, 1.807) is 6.33 Å². The highest BCUT2D eigenvalue weighted by Crippen LogP contribution is 2.46. The minimum absolute atomic E-state index is 0.0286. The molecule has 0 bridgehead atoms. The minimum atomic E-state index is -1.97. The third-order valence-electron chi connectivity index (χ3n) is 6.50. The summed E-state index contributed by atoms with van der Waals surface area (Å²) in [6.45, 7) is 13.3. The lowest BCUT2D eigenvalue weighted by molar-refractivity contribution is 0.0822. The fraction of sp³-hybridized carbons (Fsp3) is 0.722. The van der Waals surface area contributed by atoms with Gasteiger partial charge in [0.2, 0.25) is 5.95 Å². The highest BCUT2D eigenvalue weighted by Gasteiger charge is 2.47. The van der Waals surface area contributed by atoms with Crippen LogP contribution < -0.4 is 11.3 Å². The molecule has 0 aliphatic heterocycles. The van der Waals surface area contributed by atoms with Crippen LogP contribution >= 0.6 is 0 Å². The van der Waals surface area contributed by atoms with Crippen molar-refractivity contribution < 1.29 is 9.53 Å². The molecule has 0 amide bonds. The van der Waals surface area contributed by atoms with Gasteiger partial charge >= 0.3 is 0 Å². The van der Waals surface area contributed by atoms with Crippen LogP contribution in [-0.2, 0) is 4.43 Å². The Bertz CT molecular complexity index is 885. The van der Waals surface area contributed by atoms with E-state index < -0.39 is 8.32 Å². The Morgan fingerprint density at radius 2 is 2.11 bits per heavy atom. The zero-order chi connectivity index (χ0) is 20.1.